The zero-order valence-electron chi connectivity index (χ0n) is 12.5. The van der Waals surface area contributed by atoms with E-state index in [4.69, 9.17) is 15.9 Å². The lowest BCUT2D eigenvalue weighted by atomic mass is 10.2. The molecule has 0 saturated carbocycles. The summed E-state index contributed by atoms with van der Waals surface area (Å²) >= 11 is 0. The van der Waals surface area contributed by atoms with Crippen LogP contribution in [0.3, 0.4) is 0 Å². The van der Waals surface area contributed by atoms with Crippen molar-refractivity contribution in [3.63, 3.8) is 0 Å². The van der Waals surface area contributed by atoms with Crippen LogP contribution in [0.5, 0.6) is 11.5 Å². The highest BCUT2D eigenvalue weighted by atomic mass is 35.5. The summed E-state index contributed by atoms with van der Waals surface area (Å²) in [4.78, 5) is 0. The minimum Gasteiger partial charge on any atom is -0.497 e. The normalized spacial score (nSPS) is 9.45. The first-order valence-corrected chi connectivity index (χ1v) is 6.81. The van der Waals surface area contributed by atoms with Gasteiger partial charge in [0, 0.05) is 18.7 Å². The largest absolute Gasteiger partial charge is 0.497 e. The number of halogens is 1. The van der Waals surface area contributed by atoms with Crippen LogP contribution in [0.1, 0.15) is 11.1 Å². The predicted octanol–water partition coefficient (Wildman–Crippen LogP) is 3.42. The van der Waals surface area contributed by atoms with E-state index < -0.39 is 0 Å². The summed E-state index contributed by atoms with van der Waals surface area (Å²) < 4.78 is 10.7. The molecule has 0 unspecified atom stereocenters. The number of benzene rings is 2. The van der Waals surface area contributed by atoms with Crippen molar-refractivity contribution < 1.29 is 9.47 Å². The number of hydrogen-bond donors (Lipinski definition) is 1. The highest BCUT2D eigenvalue weighted by molar-refractivity contribution is 5.85. The maximum absolute atomic E-state index is 5.53. The van der Waals surface area contributed by atoms with Crippen molar-refractivity contribution in [2.75, 3.05) is 13.7 Å². The number of methoxy groups -OCH3 is 1. The summed E-state index contributed by atoms with van der Waals surface area (Å²) in [6.07, 6.45) is 5.23. The van der Waals surface area contributed by atoms with E-state index >= 15 is 0 Å². The number of ether oxygens (including phenoxy) is 2. The second-order valence-corrected chi connectivity index (χ2v) is 4.55. The number of terminal acetylenes is 1. The van der Waals surface area contributed by atoms with E-state index in [1.165, 1.54) is 5.56 Å². The molecule has 3 nitrogen and oxygen atoms in total. The van der Waals surface area contributed by atoms with Crippen LogP contribution in [0.4, 0.5) is 0 Å². The van der Waals surface area contributed by atoms with Crippen LogP contribution in [0.15, 0.2) is 48.5 Å². The molecule has 0 heterocycles. The Balaban J connectivity index is 0.00000242. The molecule has 0 aliphatic heterocycles. The van der Waals surface area contributed by atoms with Crippen molar-refractivity contribution in [2.24, 2.45) is 0 Å². The molecule has 116 valence electrons. The van der Waals surface area contributed by atoms with E-state index in [-0.39, 0.29) is 19.0 Å². The van der Waals surface area contributed by atoms with Crippen molar-refractivity contribution in [1.82, 2.24) is 5.32 Å². The average Bonchev–Trinajstić information content (AvgIpc) is 2.54. The molecule has 0 atom stereocenters. The predicted molar refractivity (Wildman–Crippen MR) is 91.6 cm³/mol. The van der Waals surface area contributed by atoms with Gasteiger partial charge in [-0.05, 0) is 23.8 Å². The lowest BCUT2D eigenvalue weighted by molar-refractivity contribution is 0.365. The van der Waals surface area contributed by atoms with Gasteiger partial charge in [-0.25, -0.2) is 0 Å². The van der Waals surface area contributed by atoms with Crippen LogP contribution in [-0.2, 0) is 13.1 Å². The van der Waals surface area contributed by atoms with Gasteiger partial charge in [0.05, 0.1) is 7.11 Å². The molecule has 2 aromatic rings. The Labute approximate surface area is 138 Å². The van der Waals surface area contributed by atoms with Gasteiger partial charge in [0.2, 0.25) is 0 Å². The number of rotatable bonds is 7. The minimum atomic E-state index is 0. The Morgan fingerprint density at radius 3 is 2.45 bits per heavy atom. The summed E-state index contributed by atoms with van der Waals surface area (Å²) in [5.74, 6) is 4.18. The number of para-hydroxylation sites is 1. The lowest BCUT2D eigenvalue weighted by Crippen LogP contribution is -2.13. The van der Waals surface area contributed by atoms with Crippen molar-refractivity contribution in [3.8, 4) is 23.8 Å². The third-order valence-corrected chi connectivity index (χ3v) is 3.09. The first-order valence-electron chi connectivity index (χ1n) is 6.81. The maximum Gasteiger partial charge on any atom is 0.148 e. The van der Waals surface area contributed by atoms with Gasteiger partial charge in [0.25, 0.3) is 0 Å². The second kappa shape index (κ2) is 9.73. The van der Waals surface area contributed by atoms with Crippen LogP contribution in [-0.4, -0.2) is 13.7 Å². The molecule has 0 spiro atoms. The lowest BCUT2D eigenvalue weighted by Gasteiger charge is -2.11. The van der Waals surface area contributed by atoms with E-state index in [9.17, 15) is 0 Å². The van der Waals surface area contributed by atoms with Gasteiger partial charge in [-0.1, -0.05) is 36.3 Å². The van der Waals surface area contributed by atoms with E-state index in [2.05, 4.69) is 11.2 Å². The first-order chi connectivity index (χ1) is 10.3. The third kappa shape index (κ3) is 5.33. The van der Waals surface area contributed by atoms with Gasteiger partial charge < -0.3 is 14.8 Å². The molecular formula is C18H20ClNO2. The molecule has 2 rings (SSSR count). The molecule has 22 heavy (non-hydrogen) atoms. The maximum atomic E-state index is 5.53. The molecule has 0 fully saturated rings. The molecular weight excluding hydrogens is 298 g/mol. The van der Waals surface area contributed by atoms with Gasteiger partial charge in [-0.3, -0.25) is 0 Å². The molecule has 0 saturated heterocycles. The van der Waals surface area contributed by atoms with Crippen LogP contribution < -0.4 is 14.8 Å². The van der Waals surface area contributed by atoms with Crippen molar-refractivity contribution in [1.29, 1.82) is 0 Å². The topological polar surface area (TPSA) is 30.5 Å². The third-order valence-electron chi connectivity index (χ3n) is 3.09. The molecule has 0 radical (unpaired) electrons. The van der Waals surface area contributed by atoms with Gasteiger partial charge >= 0.3 is 0 Å². The Bertz CT molecular complexity index is 605. The smallest absolute Gasteiger partial charge is 0.148 e. The van der Waals surface area contributed by atoms with Gasteiger partial charge in [-0.15, -0.1) is 18.8 Å². The summed E-state index contributed by atoms with van der Waals surface area (Å²) in [6, 6.07) is 15.9. The highest BCUT2D eigenvalue weighted by Crippen LogP contribution is 2.18. The molecule has 0 aromatic heterocycles. The van der Waals surface area contributed by atoms with Gasteiger partial charge in [-0.2, -0.15) is 0 Å². The van der Waals surface area contributed by atoms with Crippen LogP contribution in [0.25, 0.3) is 0 Å². The zero-order valence-corrected chi connectivity index (χ0v) is 13.4. The van der Waals surface area contributed by atoms with E-state index in [1.54, 1.807) is 7.11 Å². The molecule has 4 heteroatoms. The average molecular weight is 318 g/mol. The Hall–Kier alpha value is -2.15. The Morgan fingerprint density at radius 2 is 1.77 bits per heavy atom. The summed E-state index contributed by atoms with van der Waals surface area (Å²) in [5, 5.41) is 3.40. The fraction of sp³-hybridized carbons (Fsp3) is 0.222. The van der Waals surface area contributed by atoms with Gasteiger partial charge in [0.1, 0.15) is 18.1 Å². The van der Waals surface area contributed by atoms with E-state index in [0.717, 1.165) is 30.2 Å². The van der Waals surface area contributed by atoms with Gasteiger partial charge in [0.15, 0.2) is 0 Å². The van der Waals surface area contributed by atoms with Crippen molar-refractivity contribution in [3.05, 3.63) is 59.7 Å². The Morgan fingerprint density at radius 1 is 1.05 bits per heavy atom. The Kier molecular flexibility index (Phi) is 7.91. The fourth-order valence-electron chi connectivity index (χ4n) is 1.99. The number of hydrogen-bond acceptors (Lipinski definition) is 3. The van der Waals surface area contributed by atoms with Crippen LogP contribution in [0, 0.1) is 12.3 Å². The second-order valence-electron chi connectivity index (χ2n) is 4.55. The van der Waals surface area contributed by atoms with Crippen LogP contribution in [0.2, 0.25) is 0 Å². The molecule has 0 aliphatic carbocycles. The van der Waals surface area contributed by atoms with E-state index in [1.807, 2.05) is 48.5 Å². The quantitative estimate of drug-likeness (QED) is 0.794. The first kappa shape index (κ1) is 17.9. The molecule has 0 aliphatic rings. The molecule has 1 N–H and O–H groups in total. The monoisotopic (exact) mass is 317 g/mol. The minimum absolute atomic E-state index is 0. The summed E-state index contributed by atoms with van der Waals surface area (Å²) in [7, 11) is 1.67. The fourth-order valence-corrected chi connectivity index (χ4v) is 1.99. The standard InChI is InChI=1S/C18H19NO2.ClH/c1-3-12-21-18-7-5-4-6-16(18)14-19-13-15-8-10-17(20-2)11-9-15;/h1,4-11,19H,12-14H2,2H3;1H. The van der Waals surface area contributed by atoms with Crippen LogP contribution >= 0.6 is 12.4 Å². The molecule has 0 amide bonds. The molecule has 0 bridgehead atoms. The SMILES string of the molecule is C#CCOc1ccccc1CNCc1ccc(OC)cc1.Cl. The highest BCUT2D eigenvalue weighted by Gasteiger charge is 2.02. The summed E-state index contributed by atoms with van der Waals surface area (Å²) in [5.41, 5.74) is 2.30. The number of nitrogens with one attached hydrogen (secondary N) is 1. The molecule has 2 aromatic carbocycles. The summed E-state index contributed by atoms with van der Waals surface area (Å²) in [6.45, 7) is 1.80. The van der Waals surface area contributed by atoms with E-state index in [0.29, 0.717) is 0 Å². The van der Waals surface area contributed by atoms with Crippen molar-refractivity contribution >= 4 is 12.4 Å². The van der Waals surface area contributed by atoms with Crippen molar-refractivity contribution in [2.45, 2.75) is 13.1 Å². The zero-order chi connectivity index (χ0) is 14.9.